The van der Waals surface area contributed by atoms with E-state index in [0.717, 1.165) is 11.1 Å². The number of hydrogen-bond acceptors (Lipinski definition) is 7. The minimum absolute atomic E-state index is 0.0139. The summed E-state index contributed by atoms with van der Waals surface area (Å²) in [6.45, 7) is 5.84. The molecule has 0 saturated carbocycles. The van der Waals surface area contributed by atoms with Gasteiger partial charge in [0.1, 0.15) is 5.58 Å². The molecule has 0 N–H and O–H groups in total. The fourth-order valence-corrected chi connectivity index (χ4v) is 4.81. The van der Waals surface area contributed by atoms with Gasteiger partial charge in [0.15, 0.2) is 16.9 Å². The summed E-state index contributed by atoms with van der Waals surface area (Å²) in [5.74, 6) is 0.0456. The van der Waals surface area contributed by atoms with E-state index in [0.29, 0.717) is 39.3 Å². The number of amides is 1. The first-order chi connectivity index (χ1) is 18.3. The third kappa shape index (κ3) is 3.98. The molecule has 8 nitrogen and oxygen atoms in total. The second-order valence-corrected chi connectivity index (χ2v) is 9.07. The van der Waals surface area contributed by atoms with Crippen molar-refractivity contribution in [1.29, 1.82) is 0 Å². The van der Waals surface area contributed by atoms with Crippen LogP contribution in [0.15, 0.2) is 63.8 Å². The number of carbonyl (C=O) groups is 2. The van der Waals surface area contributed by atoms with Crippen molar-refractivity contribution in [1.82, 2.24) is 0 Å². The maximum absolute atomic E-state index is 13.9. The van der Waals surface area contributed by atoms with E-state index in [9.17, 15) is 14.4 Å². The molecule has 0 aliphatic carbocycles. The summed E-state index contributed by atoms with van der Waals surface area (Å²) in [5.41, 5.74) is 3.71. The molecular formula is C30H27NO7. The minimum atomic E-state index is -0.798. The number of aryl methyl sites for hydroxylation is 2. The molecule has 0 saturated heterocycles. The van der Waals surface area contributed by atoms with Crippen LogP contribution < -0.4 is 19.8 Å². The number of benzene rings is 3. The van der Waals surface area contributed by atoms with Crippen LogP contribution in [0.4, 0.5) is 5.69 Å². The van der Waals surface area contributed by atoms with Gasteiger partial charge in [0.05, 0.1) is 43.4 Å². The van der Waals surface area contributed by atoms with Crippen molar-refractivity contribution in [2.24, 2.45) is 0 Å². The number of ether oxygens (including phenoxy) is 3. The second kappa shape index (κ2) is 9.70. The van der Waals surface area contributed by atoms with E-state index in [1.807, 2.05) is 13.8 Å². The Hall–Kier alpha value is -4.59. The lowest BCUT2D eigenvalue weighted by atomic mass is 9.96. The lowest BCUT2D eigenvalue weighted by Crippen LogP contribution is -2.29. The predicted molar refractivity (Wildman–Crippen MR) is 143 cm³/mol. The van der Waals surface area contributed by atoms with Crippen molar-refractivity contribution in [2.75, 3.05) is 25.7 Å². The van der Waals surface area contributed by atoms with E-state index >= 15 is 0 Å². The van der Waals surface area contributed by atoms with Gasteiger partial charge in [-0.2, -0.15) is 0 Å². The zero-order chi connectivity index (χ0) is 27.1. The summed E-state index contributed by atoms with van der Waals surface area (Å²) in [6, 6.07) is 14.5. The molecule has 0 fully saturated rings. The van der Waals surface area contributed by atoms with Gasteiger partial charge in [-0.15, -0.1) is 0 Å². The van der Waals surface area contributed by atoms with Crippen LogP contribution in [0.2, 0.25) is 0 Å². The summed E-state index contributed by atoms with van der Waals surface area (Å²) in [6.07, 6.45) is 0. The van der Waals surface area contributed by atoms with Gasteiger partial charge >= 0.3 is 5.97 Å². The van der Waals surface area contributed by atoms with Crippen LogP contribution in [-0.2, 0) is 4.74 Å². The molecule has 4 aromatic rings. The van der Waals surface area contributed by atoms with Crippen LogP contribution in [0.25, 0.3) is 11.0 Å². The van der Waals surface area contributed by atoms with Gasteiger partial charge in [-0.1, -0.05) is 6.07 Å². The van der Waals surface area contributed by atoms with Crippen LogP contribution in [0.3, 0.4) is 0 Å². The monoisotopic (exact) mass is 513 g/mol. The number of rotatable bonds is 6. The number of esters is 1. The molecule has 1 aromatic heterocycles. The molecule has 38 heavy (non-hydrogen) atoms. The first kappa shape index (κ1) is 25.1. The molecule has 1 atom stereocenters. The van der Waals surface area contributed by atoms with Gasteiger partial charge in [0, 0.05) is 5.69 Å². The zero-order valence-corrected chi connectivity index (χ0v) is 21.8. The molecule has 0 spiro atoms. The Bertz CT molecular complexity index is 1640. The largest absolute Gasteiger partial charge is 0.493 e. The molecule has 1 aliphatic rings. The van der Waals surface area contributed by atoms with Crippen molar-refractivity contribution in [3.05, 3.63) is 98.4 Å². The standard InChI is InChI=1S/C30H27NO7/c1-6-37-30(34)18-7-10-20(11-8-18)31-26(19-9-12-22(35-4)24(15-19)36-5)25-27(32)21-13-16(2)17(3)14-23(21)38-28(25)29(31)33/h7-15,26H,6H2,1-5H3. The number of fused-ring (bicyclic) bond motifs is 2. The molecule has 3 aromatic carbocycles. The van der Waals surface area contributed by atoms with E-state index in [1.165, 1.54) is 19.1 Å². The van der Waals surface area contributed by atoms with Crippen molar-refractivity contribution in [3.8, 4) is 11.5 Å². The highest BCUT2D eigenvalue weighted by molar-refractivity contribution is 6.11. The van der Waals surface area contributed by atoms with Crippen molar-refractivity contribution >= 4 is 28.5 Å². The van der Waals surface area contributed by atoms with E-state index in [2.05, 4.69) is 0 Å². The Balaban J connectivity index is 1.74. The molecular weight excluding hydrogens is 486 g/mol. The highest BCUT2D eigenvalue weighted by atomic mass is 16.5. The quantitative estimate of drug-likeness (QED) is 0.321. The first-order valence-corrected chi connectivity index (χ1v) is 12.2. The Kier molecular flexibility index (Phi) is 6.40. The van der Waals surface area contributed by atoms with E-state index in [1.54, 1.807) is 61.5 Å². The Morgan fingerprint density at radius 1 is 0.921 bits per heavy atom. The number of methoxy groups -OCH3 is 2. The topological polar surface area (TPSA) is 95.3 Å². The Morgan fingerprint density at radius 2 is 1.61 bits per heavy atom. The van der Waals surface area contributed by atoms with Crippen LogP contribution >= 0.6 is 0 Å². The number of nitrogens with zero attached hydrogens (tertiary/aromatic N) is 1. The number of hydrogen-bond donors (Lipinski definition) is 0. The van der Waals surface area contributed by atoms with E-state index in [-0.39, 0.29) is 23.4 Å². The molecule has 8 heteroatoms. The number of carbonyl (C=O) groups excluding carboxylic acids is 2. The van der Waals surface area contributed by atoms with Gasteiger partial charge in [0.25, 0.3) is 5.91 Å². The third-order valence-electron chi connectivity index (χ3n) is 6.87. The summed E-state index contributed by atoms with van der Waals surface area (Å²) < 4.78 is 22.1. The smallest absolute Gasteiger partial charge is 0.338 e. The lowest BCUT2D eigenvalue weighted by Gasteiger charge is -2.26. The maximum Gasteiger partial charge on any atom is 0.338 e. The average molecular weight is 514 g/mol. The maximum atomic E-state index is 13.9. The van der Waals surface area contributed by atoms with Crippen LogP contribution in [-0.4, -0.2) is 32.7 Å². The average Bonchev–Trinajstić information content (AvgIpc) is 3.22. The number of anilines is 1. The summed E-state index contributed by atoms with van der Waals surface area (Å²) >= 11 is 0. The van der Waals surface area contributed by atoms with Gasteiger partial charge in [-0.25, -0.2) is 4.79 Å². The molecule has 2 heterocycles. The van der Waals surface area contributed by atoms with Crippen molar-refractivity contribution in [3.63, 3.8) is 0 Å². The fourth-order valence-electron chi connectivity index (χ4n) is 4.81. The Labute approximate surface area is 219 Å². The molecule has 0 bridgehead atoms. The van der Waals surface area contributed by atoms with Gasteiger partial charge in [-0.3, -0.25) is 14.5 Å². The van der Waals surface area contributed by atoms with Crippen LogP contribution in [0, 0.1) is 13.8 Å². The fraction of sp³-hybridized carbons (Fsp3) is 0.233. The van der Waals surface area contributed by atoms with Crippen molar-refractivity contribution < 1.29 is 28.2 Å². The second-order valence-electron chi connectivity index (χ2n) is 9.07. The Morgan fingerprint density at radius 3 is 2.26 bits per heavy atom. The first-order valence-electron chi connectivity index (χ1n) is 12.2. The predicted octanol–water partition coefficient (Wildman–Crippen LogP) is 5.35. The SMILES string of the molecule is CCOC(=O)c1ccc(N2C(=O)c3oc4cc(C)c(C)cc4c(=O)c3C2c2ccc(OC)c(OC)c2)cc1. The molecule has 0 radical (unpaired) electrons. The van der Waals surface area contributed by atoms with E-state index in [4.69, 9.17) is 18.6 Å². The minimum Gasteiger partial charge on any atom is -0.493 e. The zero-order valence-electron chi connectivity index (χ0n) is 21.8. The lowest BCUT2D eigenvalue weighted by molar-refractivity contribution is 0.0526. The van der Waals surface area contributed by atoms with Gasteiger partial charge < -0.3 is 18.6 Å². The molecule has 1 unspecified atom stereocenters. The highest BCUT2D eigenvalue weighted by Gasteiger charge is 2.44. The van der Waals surface area contributed by atoms with Gasteiger partial charge in [-0.05, 0) is 86.0 Å². The molecule has 1 amide bonds. The normalized spacial score (nSPS) is 14.5. The van der Waals surface area contributed by atoms with E-state index < -0.39 is 17.9 Å². The van der Waals surface area contributed by atoms with Gasteiger partial charge in [0.2, 0.25) is 5.76 Å². The summed E-state index contributed by atoms with van der Waals surface area (Å²) in [5, 5.41) is 0.407. The molecule has 1 aliphatic heterocycles. The molecule has 5 rings (SSSR count). The van der Waals surface area contributed by atoms with Crippen LogP contribution in [0.5, 0.6) is 11.5 Å². The van der Waals surface area contributed by atoms with Crippen molar-refractivity contribution in [2.45, 2.75) is 26.8 Å². The third-order valence-corrected chi connectivity index (χ3v) is 6.87. The highest BCUT2D eigenvalue weighted by Crippen LogP contribution is 2.43. The molecule has 194 valence electrons. The summed E-state index contributed by atoms with van der Waals surface area (Å²) in [7, 11) is 3.06. The summed E-state index contributed by atoms with van der Waals surface area (Å²) in [4.78, 5) is 41.5. The van der Waals surface area contributed by atoms with Crippen LogP contribution in [0.1, 0.15) is 56.1 Å².